The summed E-state index contributed by atoms with van der Waals surface area (Å²) in [5.74, 6) is -0.0390. The minimum Gasteiger partial charge on any atom is -0.507 e. The van der Waals surface area contributed by atoms with E-state index in [2.05, 4.69) is 0 Å². The van der Waals surface area contributed by atoms with E-state index in [1.165, 1.54) is 12.1 Å². The monoisotopic (exact) mass is 346 g/mol. The largest absolute Gasteiger partial charge is 0.507 e. The first-order chi connectivity index (χ1) is 11.8. The Morgan fingerprint density at radius 1 is 0.680 bits per heavy atom. The van der Waals surface area contributed by atoms with Gasteiger partial charge in [0, 0.05) is 24.0 Å². The van der Waals surface area contributed by atoms with Crippen LogP contribution in [0.1, 0.15) is 17.5 Å². The third-order valence-corrected chi connectivity index (χ3v) is 4.63. The fourth-order valence-electron chi connectivity index (χ4n) is 3.24. The van der Waals surface area contributed by atoms with Gasteiger partial charge >= 0.3 is 0 Å². The van der Waals surface area contributed by atoms with Crippen molar-refractivity contribution >= 4 is 0 Å². The maximum atomic E-state index is 10.2. The molecule has 0 aromatic heterocycles. The normalized spacial score (nSPS) is 27.0. The molecule has 4 bridgehead atoms. The summed E-state index contributed by atoms with van der Waals surface area (Å²) >= 11 is 0. The van der Waals surface area contributed by atoms with E-state index in [0.29, 0.717) is 22.3 Å². The van der Waals surface area contributed by atoms with Crippen molar-refractivity contribution in [3.63, 3.8) is 0 Å². The number of aromatic hydroxyl groups is 2. The summed E-state index contributed by atoms with van der Waals surface area (Å²) < 4.78 is 0. The van der Waals surface area contributed by atoms with E-state index in [1.807, 2.05) is 0 Å². The van der Waals surface area contributed by atoms with E-state index in [1.54, 1.807) is 24.3 Å². The number of fused-ring (bicyclic) bond motifs is 5. The molecule has 25 heavy (non-hydrogen) atoms. The highest BCUT2D eigenvalue weighted by Crippen LogP contribution is 2.37. The van der Waals surface area contributed by atoms with Crippen LogP contribution in [0.3, 0.4) is 0 Å². The number of aliphatic hydroxyl groups is 4. The Balaban J connectivity index is 2.12. The Hall–Kier alpha value is -2.12. The van der Waals surface area contributed by atoms with Crippen LogP contribution < -0.4 is 0 Å². The SMILES string of the molecule is Oc1ccc2cc1-c1cc(ccc1O)C[C@H](O)[C@H](O)[C@H](O)C[C@@H](O)C2. The molecule has 6 nitrogen and oxygen atoms in total. The first kappa shape index (κ1) is 17.7. The van der Waals surface area contributed by atoms with Crippen LogP contribution in [0.4, 0.5) is 0 Å². The maximum absolute atomic E-state index is 10.2. The maximum Gasteiger partial charge on any atom is 0.123 e. The number of rotatable bonds is 0. The zero-order valence-corrected chi connectivity index (χ0v) is 13.6. The molecule has 1 aliphatic rings. The molecular formula is C19H22O6. The number of benzene rings is 2. The molecule has 2 aromatic rings. The van der Waals surface area contributed by atoms with E-state index in [4.69, 9.17) is 0 Å². The number of aliphatic hydroxyl groups excluding tert-OH is 4. The van der Waals surface area contributed by atoms with Crippen molar-refractivity contribution in [3.8, 4) is 22.6 Å². The van der Waals surface area contributed by atoms with Gasteiger partial charge in [-0.25, -0.2) is 0 Å². The van der Waals surface area contributed by atoms with Crippen LogP contribution in [-0.2, 0) is 12.8 Å². The first-order valence-corrected chi connectivity index (χ1v) is 8.21. The predicted molar refractivity (Wildman–Crippen MR) is 91.3 cm³/mol. The summed E-state index contributed by atoms with van der Waals surface area (Å²) in [7, 11) is 0. The Morgan fingerprint density at radius 3 is 1.76 bits per heavy atom. The molecule has 0 heterocycles. The van der Waals surface area contributed by atoms with Gasteiger partial charge in [0.2, 0.25) is 0 Å². The van der Waals surface area contributed by atoms with Gasteiger partial charge in [-0.3, -0.25) is 0 Å². The second kappa shape index (κ2) is 7.01. The van der Waals surface area contributed by atoms with Crippen molar-refractivity contribution in [1.29, 1.82) is 0 Å². The lowest BCUT2D eigenvalue weighted by Crippen LogP contribution is -2.40. The highest BCUT2D eigenvalue weighted by molar-refractivity contribution is 5.76. The Bertz CT molecular complexity index is 760. The van der Waals surface area contributed by atoms with Gasteiger partial charge in [-0.15, -0.1) is 0 Å². The van der Waals surface area contributed by atoms with Crippen LogP contribution in [0, 0.1) is 0 Å². The molecule has 2 aromatic carbocycles. The number of phenolic OH excluding ortho intramolecular Hbond substituents is 2. The smallest absolute Gasteiger partial charge is 0.123 e. The summed E-state index contributed by atoms with van der Waals surface area (Å²) in [6, 6.07) is 9.51. The summed E-state index contributed by atoms with van der Waals surface area (Å²) in [6.07, 6.45) is -4.64. The van der Waals surface area contributed by atoms with Gasteiger partial charge in [0.25, 0.3) is 0 Å². The molecule has 1 aliphatic carbocycles. The zero-order chi connectivity index (χ0) is 18.1. The van der Waals surface area contributed by atoms with Crippen molar-refractivity contribution in [2.75, 3.05) is 0 Å². The van der Waals surface area contributed by atoms with Gasteiger partial charge in [0.05, 0.1) is 18.3 Å². The number of phenols is 2. The van der Waals surface area contributed by atoms with Gasteiger partial charge in [-0.05, 0) is 41.8 Å². The third-order valence-electron chi connectivity index (χ3n) is 4.63. The lowest BCUT2D eigenvalue weighted by molar-refractivity contribution is -0.0727. The van der Waals surface area contributed by atoms with Gasteiger partial charge in [0.15, 0.2) is 0 Å². The summed E-state index contributed by atoms with van der Waals surface area (Å²) in [4.78, 5) is 0. The molecule has 0 amide bonds. The second-order valence-corrected chi connectivity index (χ2v) is 6.63. The Kier molecular flexibility index (Phi) is 4.96. The molecule has 0 fully saturated rings. The van der Waals surface area contributed by atoms with Crippen LogP contribution in [0.25, 0.3) is 11.1 Å². The highest BCUT2D eigenvalue weighted by atomic mass is 16.4. The molecule has 6 heteroatoms. The Morgan fingerprint density at radius 2 is 1.20 bits per heavy atom. The molecule has 0 spiro atoms. The van der Waals surface area contributed by atoms with E-state index in [0.717, 1.165) is 0 Å². The van der Waals surface area contributed by atoms with Crippen molar-refractivity contribution in [2.24, 2.45) is 0 Å². The minimum atomic E-state index is -1.40. The molecule has 0 radical (unpaired) electrons. The van der Waals surface area contributed by atoms with Crippen molar-refractivity contribution in [1.82, 2.24) is 0 Å². The average Bonchev–Trinajstić information content (AvgIpc) is 2.57. The topological polar surface area (TPSA) is 121 Å². The van der Waals surface area contributed by atoms with Crippen LogP contribution in [0.2, 0.25) is 0 Å². The fourth-order valence-corrected chi connectivity index (χ4v) is 3.24. The van der Waals surface area contributed by atoms with Crippen molar-refractivity contribution in [2.45, 2.75) is 43.7 Å². The molecule has 134 valence electrons. The summed E-state index contributed by atoms with van der Waals surface area (Å²) in [5, 5.41) is 60.8. The molecular weight excluding hydrogens is 324 g/mol. The van der Waals surface area contributed by atoms with E-state index >= 15 is 0 Å². The zero-order valence-electron chi connectivity index (χ0n) is 13.6. The minimum absolute atomic E-state index is 0.0128. The van der Waals surface area contributed by atoms with Gasteiger partial charge in [0.1, 0.15) is 17.6 Å². The van der Waals surface area contributed by atoms with E-state index in [-0.39, 0.29) is 30.8 Å². The van der Waals surface area contributed by atoms with E-state index < -0.39 is 24.4 Å². The standard InChI is InChI=1S/C19H22O6/c20-12-5-10-1-3-15(21)13(6-10)14-7-11(2-4-16(14)22)8-17(23)19(25)18(24)9-12/h1-4,6-7,12,17-25H,5,8-9H2/t12-,17-,18+,19-/m0/s1. The first-order valence-electron chi connectivity index (χ1n) is 8.21. The molecule has 4 atom stereocenters. The molecule has 0 saturated carbocycles. The molecule has 3 rings (SSSR count). The fraction of sp³-hybridized carbons (Fsp3) is 0.368. The van der Waals surface area contributed by atoms with Crippen LogP contribution in [0.15, 0.2) is 36.4 Å². The summed E-state index contributed by atoms with van der Waals surface area (Å²) in [5.41, 5.74) is 2.16. The Labute approximate surface area is 145 Å². The van der Waals surface area contributed by atoms with Crippen LogP contribution in [0.5, 0.6) is 11.5 Å². The second-order valence-electron chi connectivity index (χ2n) is 6.63. The molecule has 0 saturated heterocycles. The van der Waals surface area contributed by atoms with Gasteiger partial charge in [-0.1, -0.05) is 12.1 Å². The molecule has 0 aliphatic heterocycles. The van der Waals surface area contributed by atoms with Crippen LogP contribution in [-0.4, -0.2) is 55.1 Å². The predicted octanol–water partition coefficient (Wildman–Crippen LogP) is 0.697. The molecule has 0 unspecified atom stereocenters. The number of hydrogen-bond acceptors (Lipinski definition) is 6. The van der Waals surface area contributed by atoms with Crippen molar-refractivity contribution in [3.05, 3.63) is 47.5 Å². The molecule has 6 N–H and O–H groups in total. The third kappa shape index (κ3) is 3.77. The lowest BCUT2D eigenvalue weighted by Gasteiger charge is -2.24. The van der Waals surface area contributed by atoms with Crippen molar-refractivity contribution < 1.29 is 30.6 Å². The van der Waals surface area contributed by atoms with Gasteiger partial charge < -0.3 is 30.6 Å². The highest BCUT2D eigenvalue weighted by Gasteiger charge is 2.28. The van der Waals surface area contributed by atoms with E-state index in [9.17, 15) is 30.6 Å². The summed E-state index contributed by atoms with van der Waals surface area (Å²) in [6.45, 7) is 0. The van der Waals surface area contributed by atoms with Gasteiger partial charge in [-0.2, -0.15) is 0 Å². The number of hydrogen-bond donors (Lipinski definition) is 6. The average molecular weight is 346 g/mol. The van der Waals surface area contributed by atoms with Crippen LogP contribution >= 0.6 is 0 Å². The quantitative estimate of drug-likeness (QED) is 0.418. The lowest BCUT2D eigenvalue weighted by atomic mass is 9.95.